The molecule has 34 heavy (non-hydrogen) atoms. The molecule has 2 N–H and O–H groups in total. The molecule has 4 aromatic carbocycles. The van der Waals surface area contributed by atoms with Crippen molar-refractivity contribution in [3.8, 4) is 16.9 Å². The highest BCUT2D eigenvalue weighted by Gasteiger charge is 2.12. The van der Waals surface area contributed by atoms with Gasteiger partial charge in [-0.2, -0.15) is 0 Å². The summed E-state index contributed by atoms with van der Waals surface area (Å²) in [6.07, 6.45) is 1.64. The normalized spacial score (nSPS) is 10.7. The number of hydrogen-bond donors (Lipinski definition) is 2. The molecule has 5 rings (SSSR count). The van der Waals surface area contributed by atoms with Crippen molar-refractivity contribution < 1.29 is 14.7 Å². The molecule has 0 spiro atoms. The van der Waals surface area contributed by atoms with E-state index in [0.29, 0.717) is 27.9 Å². The highest BCUT2D eigenvalue weighted by Crippen LogP contribution is 2.31. The van der Waals surface area contributed by atoms with Crippen molar-refractivity contribution in [2.24, 2.45) is 0 Å². The molecular weight excluding hydrogens is 424 g/mol. The van der Waals surface area contributed by atoms with Gasteiger partial charge in [0.05, 0.1) is 0 Å². The summed E-state index contributed by atoms with van der Waals surface area (Å²) in [7, 11) is 0. The maximum atomic E-state index is 12.9. The number of carbonyl (C=O) groups excluding carboxylic acids is 2. The van der Waals surface area contributed by atoms with Gasteiger partial charge < -0.3 is 10.4 Å². The molecule has 5 nitrogen and oxygen atoms in total. The molecule has 0 aliphatic rings. The van der Waals surface area contributed by atoms with E-state index in [1.54, 1.807) is 66.9 Å². The fraction of sp³-hybridized carbons (Fsp3) is 0. The Morgan fingerprint density at radius 3 is 2.21 bits per heavy atom. The number of pyridine rings is 1. The van der Waals surface area contributed by atoms with Gasteiger partial charge in [0, 0.05) is 34.0 Å². The molecule has 5 aromatic rings. The van der Waals surface area contributed by atoms with E-state index in [1.165, 1.54) is 0 Å². The average Bonchev–Trinajstić information content (AvgIpc) is 2.89. The van der Waals surface area contributed by atoms with Gasteiger partial charge in [-0.05, 0) is 65.7 Å². The van der Waals surface area contributed by atoms with E-state index in [9.17, 15) is 14.7 Å². The van der Waals surface area contributed by atoms with Crippen molar-refractivity contribution in [1.29, 1.82) is 0 Å². The fourth-order valence-corrected chi connectivity index (χ4v) is 3.84. The first-order valence-electron chi connectivity index (χ1n) is 10.8. The zero-order valence-electron chi connectivity index (χ0n) is 18.1. The molecule has 0 unspecified atom stereocenters. The number of rotatable bonds is 5. The first-order chi connectivity index (χ1) is 16.6. The number of hydrogen-bond acceptors (Lipinski definition) is 4. The van der Waals surface area contributed by atoms with Crippen LogP contribution in [0.25, 0.3) is 22.0 Å². The van der Waals surface area contributed by atoms with Gasteiger partial charge in [0.25, 0.3) is 5.91 Å². The van der Waals surface area contributed by atoms with Gasteiger partial charge in [-0.15, -0.1) is 0 Å². The molecule has 0 saturated heterocycles. The summed E-state index contributed by atoms with van der Waals surface area (Å²) < 4.78 is 0. The van der Waals surface area contributed by atoms with Gasteiger partial charge >= 0.3 is 0 Å². The summed E-state index contributed by atoms with van der Waals surface area (Å²) in [4.78, 5) is 29.7. The van der Waals surface area contributed by atoms with Crippen molar-refractivity contribution in [1.82, 2.24) is 4.98 Å². The topological polar surface area (TPSA) is 79.3 Å². The number of anilines is 1. The summed E-state index contributed by atoms with van der Waals surface area (Å²) in [6, 6.07) is 30.4. The predicted octanol–water partition coefficient (Wildman–Crippen LogP) is 6.09. The Labute approximate surface area is 196 Å². The Hall–Kier alpha value is -4.77. The van der Waals surface area contributed by atoms with Gasteiger partial charge in [0.2, 0.25) is 0 Å². The maximum Gasteiger partial charge on any atom is 0.255 e. The third-order valence-corrected chi connectivity index (χ3v) is 5.58. The van der Waals surface area contributed by atoms with Gasteiger partial charge in [-0.25, -0.2) is 0 Å². The molecule has 0 bridgehead atoms. The van der Waals surface area contributed by atoms with Gasteiger partial charge in [-0.1, -0.05) is 48.5 Å². The van der Waals surface area contributed by atoms with E-state index >= 15 is 0 Å². The van der Waals surface area contributed by atoms with Crippen LogP contribution in [0.1, 0.15) is 26.3 Å². The van der Waals surface area contributed by atoms with Crippen LogP contribution in [0.3, 0.4) is 0 Å². The molecular formula is C29H20N2O3. The van der Waals surface area contributed by atoms with Crippen LogP contribution in [0.2, 0.25) is 0 Å². The molecule has 0 atom stereocenters. The van der Waals surface area contributed by atoms with Crippen LogP contribution in [0.5, 0.6) is 5.75 Å². The van der Waals surface area contributed by atoms with Crippen LogP contribution in [-0.4, -0.2) is 21.8 Å². The molecule has 164 valence electrons. The van der Waals surface area contributed by atoms with E-state index in [4.69, 9.17) is 0 Å². The zero-order chi connectivity index (χ0) is 23.5. The molecule has 0 fully saturated rings. The minimum absolute atomic E-state index is 0.0694. The maximum absolute atomic E-state index is 12.9. The third kappa shape index (κ3) is 4.27. The summed E-state index contributed by atoms with van der Waals surface area (Å²) in [5.74, 6) is -0.247. The van der Waals surface area contributed by atoms with Gasteiger partial charge in [0.1, 0.15) is 11.3 Å². The first kappa shape index (κ1) is 21.1. The summed E-state index contributed by atoms with van der Waals surface area (Å²) in [6.45, 7) is 0. The SMILES string of the molecule is O=C(Nc1ccc(C(=O)c2ccccc2)cc1)c1cccc(-c2cc(O)c3ncccc3c2)c1. The largest absolute Gasteiger partial charge is 0.506 e. The van der Waals surface area contributed by atoms with E-state index < -0.39 is 0 Å². The lowest BCUT2D eigenvalue weighted by Crippen LogP contribution is -2.12. The van der Waals surface area contributed by atoms with Crippen molar-refractivity contribution in [3.63, 3.8) is 0 Å². The van der Waals surface area contributed by atoms with Crippen molar-refractivity contribution >= 4 is 28.3 Å². The third-order valence-electron chi connectivity index (χ3n) is 5.58. The monoisotopic (exact) mass is 444 g/mol. The lowest BCUT2D eigenvalue weighted by Gasteiger charge is -2.09. The smallest absolute Gasteiger partial charge is 0.255 e. The number of nitrogens with one attached hydrogen (secondary N) is 1. The Kier molecular flexibility index (Phi) is 5.58. The summed E-state index contributed by atoms with van der Waals surface area (Å²) >= 11 is 0. The van der Waals surface area contributed by atoms with Crippen LogP contribution in [0.4, 0.5) is 5.69 Å². The predicted molar refractivity (Wildman–Crippen MR) is 133 cm³/mol. The zero-order valence-corrected chi connectivity index (χ0v) is 18.1. The molecule has 0 aliphatic carbocycles. The second-order valence-electron chi connectivity index (χ2n) is 7.88. The Morgan fingerprint density at radius 2 is 1.41 bits per heavy atom. The summed E-state index contributed by atoms with van der Waals surface area (Å²) in [5, 5.41) is 14.0. The first-order valence-corrected chi connectivity index (χ1v) is 10.8. The second-order valence-corrected chi connectivity index (χ2v) is 7.88. The Bertz CT molecular complexity index is 1510. The Morgan fingerprint density at radius 1 is 0.676 bits per heavy atom. The number of benzene rings is 4. The number of aromatic hydroxyl groups is 1. The standard InChI is InChI=1S/C29H20N2O3/c32-26-18-24(17-22-10-5-15-30-27(22)26)21-8-4-9-23(16-21)29(34)31-25-13-11-20(12-14-25)28(33)19-6-2-1-3-7-19/h1-18,32H,(H,31,34). The number of fused-ring (bicyclic) bond motifs is 1. The van der Waals surface area contributed by atoms with Crippen LogP contribution in [0.15, 0.2) is 109 Å². The molecule has 5 heteroatoms. The molecule has 0 saturated carbocycles. The molecule has 0 aliphatic heterocycles. The van der Waals surface area contributed by atoms with E-state index in [-0.39, 0.29) is 17.4 Å². The minimum Gasteiger partial charge on any atom is -0.506 e. The highest BCUT2D eigenvalue weighted by atomic mass is 16.3. The number of nitrogens with zero attached hydrogens (tertiary/aromatic N) is 1. The minimum atomic E-state index is -0.268. The van der Waals surface area contributed by atoms with Gasteiger partial charge in [0.15, 0.2) is 5.78 Å². The lowest BCUT2D eigenvalue weighted by molar-refractivity contribution is 0.102. The van der Waals surface area contributed by atoms with Crippen molar-refractivity contribution in [2.45, 2.75) is 0 Å². The summed E-state index contributed by atoms with van der Waals surface area (Å²) in [5.41, 5.74) is 4.37. The number of ketones is 1. The number of phenols is 1. The Balaban J connectivity index is 1.35. The van der Waals surface area contributed by atoms with Crippen molar-refractivity contribution in [2.75, 3.05) is 5.32 Å². The van der Waals surface area contributed by atoms with Crippen molar-refractivity contribution in [3.05, 3.63) is 126 Å². The van der Waals surface area contributed by atoms with Crippen LogP contribution < -0.4 is 5.32 Å². The second kappa shape index (κ2) is 9.00. The number of amides is 1. The van der Waals surface area contributed by atoms with Crippen LogP contribution >= 0.6 is 0 Å². The van der Waals surface area contributed by atoms with E-state index in [0.717, 1.165) is 16.5 Å². The number of phenolic OH excluding ortho intramolecular Hbond substituents is 1. The molecule has 1 heterocycles. The molecule has 1 amide bonds. The highest BCUT2D eigenvalue weighted by molar-refractivity contribution is 6.09. The quantitative estimate of drug-likeness (QED) is 0.322. The van der Waals surface area contributed by atoms with E-state index in [1.807, 2.05) is 42.5 Å². The average molecular weight is 444 g/mol. The van der Waals surface area contributed by atoms with Crippen LogP contribution in [0, 0.1) is 0 Å². The molecule has 0 radical (unpaired) electrons. The fourth-order valence-electron chi connectivity index (χ4n) is 3.84. The number of aromatic nitrogens is 1. The number of carbonyl (C=O) groups is 2. The van der Waals surface area contributed by atoms with E-state index in [2.05, 4.69) is 10.3 Å². The molecule has 1 aromatic heterocycles. The van der Waals surface area contributed by atoms with Crippen LogP contribution in [-0.2, 0) is 0 Å². The lowest BCUT2D eigenvalue weighted by atomic mass is 10.0. The van der Waals surface area contributed by atoms with Gasteiger partial charge in [-0.3, -0.25) is 14.6 Å².